The number of nitrogens with two attached hydrogens (primary N) is 1. The standard InChI is InChI=1S/C21H29N3O5/c1-25-15-11-18(27-3)16(19(12-15)28-4)8-9-23-21(22)24-13-14-6-7-17(26-2)20(10-14)29-5/h6-7,10-12H,8-9,13H2,1-5H3,(H3,22,23,24). The lowest BCUT2D eigenvalue weighted by atomic mass is 10.1. The van der Waals surface area contributed by atoms with Gasteiger partial charge in [-0.3, -0.25) is 0 Å². The van der Waals surface area contributed by atoms with Gasteiger partial charge in [-0.25, -0.2) is 4.99 Å². The third kappa shape index (κ3) is 5.84. The van der Waals surface area contributed by atoms with Crippen LogP contribution in [0.1, 0.15) is 11.1 Å². The maximum absolute atomic E-state index is 6.00. The first-order valence-electron chi connectivity index (χ1n) is 9.09. The van der Waals surface area contributed by atoms with E-state index in [1.54, 1.807) is 35.5 Å². The van der Waals surface area contributed by atoms with E-state index in [9.17, 15) is 0 Å². The number of methoxy groups -OCH3 is 5. The van der Waals surface area contributed by atoms with Gasteiger partial charge in [0.2, 0.25) is 0 Å². The number of rotatable bonds is 10. The largest absolute Gasteiger partial charge is 0.496 e. The molecule has 29 heavy (non-hydrogen) atoms. The molecule has 0 radical (unpaired) electrons. The summed E-state index contributed by atoms with van der Waals surface area (Å²) in [4.78, 5) is 4.37. The van der Waals surface area contributed by atoms with Gasteiger partial charge < -0.3 is 34.7 Å². The number of aliphatic imine (C=N–C) groups is 1. The molecule has 0 bridgehead atoms. The van der Waals surface area contributed by atoms with Crippen molar-refractivity contribution in [3.05, 3.63) is 41.5 Å². The molecule has 0 saturated heterocycles. The summed E-state index contributed by atoms with van der Waals surface area (Å²) >= 11 is 0. The number of nitrogens with zero attached hydrogens (tertiary/aromatic N) is 1. The zero-order chi connectivity index (χ0) is 21.2. The molecule has 0 spiro atoms. The highest BCUT2D eigenvalue weighted by Crippen LogP contribution is 2.34. The summed E-state index contributed by atoms with van der Waals surface area (Å²) in [5.74, 6) is 3.75. The lowest BCUT2D eigenvalue weighted by Crippen LogP contribution is -2.33. The van der Waals surface area contributed by atoms with Crippen molar-refractivity contribution in [1.82, 2.24) is 5.32 Å². The van der Waals surface area contributed by atoms with Gasteiger partial charge in [0.05, 0.1) is 42.1 Å². The summed E-state index contributed by atoms with van der Waals surface area (Å²) < 4.78 is 26.7. The maximum Gasteiger partial charge on any atom is 0.188 e. The maximum atomic E-state index is 6.00. The van der Waals surface area contributed by atoms with Crippen molar-refractivity contribution >= 4 is 5.96 Å². The molecule has 0 saturated carbocycles. The fourth-order valence-electron chi connectivity index (χ4n) is 2.85. The highest BCUT2D eigenvalue weighted by atomic mass is 16.5. The van der Waals surface area contributed by atoms with E-state index in [1.807, 2.05) is 30.3 Å². The van der Waals surface area contributed by atoms with Crippen molar-refractivity contribution in [3.63, 3.8) is 0 Å². The summed E-state index contributed by atoms with van der Waals surface area (Å²) in [5, 5.41) is 3.11. The first-order valence-corrected chi connectivity index (χ1v) is 9.09. The van der Waals surface area contributed by atoms with Gasteiger partial charge in [0, 0.05) is 24.2 Å². The van der Waals surface area contributed by atoms with Crippen molar-refractivity contribution in [2.75, 3.05) is 42.1 Å². The Hall–Kier alpha value is -3.29. The summed E-state index contributed by atoms with van der Waals surface area (Å²) in [5.41, 5.74) is 7.89. The molecule has 0 heterocycles. The van der Waals surface area contributed by atoms with Gasteiger partial charge in [0.15, 0.2) is 17.5 Å². The number of benzene rings is 2. The van der Waals surface area contributed by atoms with Crippen molar-refractivity contribution < 1.29 is 23.7 Å². The average molecular weight is 403 g/mol. The van der Waals surface area contributed by atoms with Gasteiger partial charge >= 0.3 is 0 Å². The Bertz CT molecular complexity index is 814. The third-order valence-electron chi connectivity index (χ3n) is 4.38. The van der Waals surface area contributed by atoms with E-state index in [-0.39, 0.29) is 0 Å². The molecular weight excluding hydrogens is 374 g/mol. The fourth-order valence-corrected chi connectivity index (χ4v) is 2.85. The van der Waals surface area contributed by atoms with Crippen molar-refractivity contribution in [3.8, 4) is 28.7 Å². The predicted molar refractivity (Wildman–Crippen MR) is 113 cm³/mol. The van der Waals surface area contributed by atoms with Crippen LogP contribution in [0.3, 0.4) is 0 Å². The Labute approximate surface area is 171 Å². The molecule has 0 aliphatic carbocycles. The molecule has 0 fully saturated rings. The minimum atomic E-state index is 0.353. The van der Waals surface area contributed by atoms with Crippen LogP contribution in [0, 0.1) is 0 Å². The highest BCUT2D eigenvalue weighted by Gasteiger charge is 2.13. The van der Waals surface area contributed by atoms with E-state index in [4.69, 9.17) is 29.4 Å². The van der Waals surface area contributed by atoms with Crippen molar-refractivity contribution in [2.45, 2.75) is 13.0 Å². The number of hydrogen-bond donors (Lipinski definition) is 2. The van der Waals surface area contributed by atoms with Gasteiger partial charge in [0.1, 0.15) is 17.2 Å². The van der Waals surface area contributed by atoms with Gasteiger partial charge in [-0.1, -0.05) is 6.07 Å². The van der Waals surface area contributed by atoms with Crippen molar-refractivity contribution in [2.24, 2.45) is 10.7 Å². The number of nitrogens with one attached hydrogen (secondary N) is 1. The average Bonchev–Trinajstić information content (AvgIpc) is 2.77. The monoisotopic (exact) mass is 403 g/mol. The molecule has 0 aliphatic heterocycles. The summed E-state index contributed by atoms with van der Waals surface area (Å²) in [6.07, 6.45) is 0.642. The normalized spacial score (nSPS) is 11.0. The summed E-state index contributed by atoms with van der Waals surface area (Å²) in [6, 6.07) is 9.29. The highest BCUT2D eigenvalue weighted by molar-refractivity contribution is 5.77. The molecule has 8 heteroatoms. The quantitative estimate of drug-likeness (QED) is 0.464. The second-order valence-corrected chi connectivity index (χ2v) is 6.08. The van der Waals surface area contributed by atoms with E-state index in [0.29, 0.717) is 54.2 Å². The van der Waals surface area contributed by atoms with E-state index in [0.717, 1.165) is 11.1 Å². The van der Waals surface area contributed by atoms with Crippen LogP contribution in [0.4, 0.5) is 0 Å². The molecule has 0 atom stereocenters. The molecule has 158 valence electrons. The molecular formula is C21H29N3O5. The van der Waals surface area contributed by atoms with Crippen LogP contribution < -0.4 is 34.7 Å². The number of guanidine groups is 1. The Balaban J connectivity index is 1.98. The van der Waals surface area contributed by atoms with Crippen LogP contribution in [0.25, 0.3) is 0 Å². The summed E-state index contributed by atoms with van der Waals surface area (Å²) in [6.45, 7) is 0.995. The first-order chi connectivity index (χ1) is 14.1. The van der Waals surface area contributed by atoms with Crippen LogP contribution >= 0.6 is 0 Å². The molecule has 2 aromatic rings. The zero-order valence-electron chi connectivity index (χ0n) is 17.6. The molecule has 2 aromatic carbocycles. The van der Waals surface area contributed by atoms with Crippen LogP contribution in [-0.2, 0) is 13.0 Å². The predicted octanol–water partition coefficient (Wildman–Crippen LogP) is 2.38. The van der Waals surface area contributed by atoms with E-state index in [1.165, 1.54) is 0 Å². The van der Waals surface area contributed by atoms with E-state index in [2.05, 4.69) is 10.3 Å². The SMILES string of the molecule is COc1cc(OC)c(CCNC(N)=NCc2ccc(OC)c(OC)c2)c(OC)c1. The number of ether oxygens (including phenoxy) is 5. The second kappa shape index (κ2) is 10.9. The van der Waals surface area contributed by atoms with E-state index >= 15 is 0 Å². The smallest absolute Gasteiger partial charge is 0.188 e. The van der Waals surface area contributed by atoms with Crippen LogP contribution in [0.2, 0.25) is 0 Å². The Kier molecular flexibility index (Phi) is 8.27. The Morgan fingerprint density at radius 3 is 2.00 bits per heavy atom. The minimum Gasteiger partial charge on any atom is -0.496 e. The minimum absolute atomic E-state index is 0.353. The van der Waals surface area contributed by atoms with Crippen LogP contribution in [-0.4, -0.2) is 48.1 Å². The van der Waals surface area contributed by atoms with Gasteiger partial charge in [-0.15, -0.1) is 0 Å². The van der Waals surface area contributed by atoms with Gasteiger partial charge in [-0.2, -0.15) is 0 Å². The Morgan fingerprint density at radius 2 is 1.45 bits per heavy atom. The molecule has 0 aromatic heterocycles. The van der Waals surface area contributed by atoms with Gasteiger partial charge in [0.25, 0.3) is 0 Å². The lowest BCUT2D eigenvalue weighted by Gasteiger charge is -2.15. The second-order valence-electron chi connectivity index (χ2n) is 6.08. The van der Waals surface area contributed by atoms with Crippen LogP contribution in [0.15, 0.2) is 35.3 Å². The number of hydrogen-bond acceptors (Lipinski definition) is 6. The van der Waals surface area contributed by atoms with Gasteiger partial charge in [-0.05, 0) is 24.1 Å². The topological polar surface area (TPSA) is 96.6 Å². The van der Waals surface area contributed by atoms with Crippen molar-refractivity contribution in [1.29, 1.82) is 0 Å². The van der Waals surface area contributed by atoms with Crippen LogP contribution in [0.5, 0.6) is 28.7 Å². The lowest BCUT2D eigenvalue weighted by molar-refractivity contribution is 0.354. The zero-order valence-corrected chi connectivity index (χ0v) is 17.6. The molecule has 0 aliphatic rings. The molecule has 2 rings (SSSR count). The summed E-state index contributed by atoms with van der Waals surface area (Å²) in [7, 11) is 8.03. The van der Waals surface area contributed by atoms with E-state index < -0.39 is 0 Å². The molecule has 8 nitrogen and oxygen atoms in total. The first kappa shape index (κ1) is 22.0. The molecule has 0 unspecified atom stereocenters. The molecule has 3 N–H and O–H groups in total. The third-order valence-corrected chi connectivity index (χ3v) is 4.38. The fraction of sp³-hybridized carbons (Fsp3) is 0.381. The molecule has 0 amide bonds. The Morgan fingerprint density at radius 1 is 0.828 bits per heavy atom.